The third kappa shape index (κ3) is 7.61. The molecule has 1 aliphatic carbocycles. The Morgan fingerprint density at radius 1 is 0.957 bits per heavy atom. The van der Waals surface area contributed by atoms with E-state index in [0.717, 1.165) is 61.0 Å². The molecule has 10 heteroatoms. The van der Waals surface area contributed by atoms with E-state index in [2.05, 4.69) is 35.2 Å². The lowest BCUT2D eigenvalue weighted by atomic mass is 9.90. The minimum absolute atomic E-state index is 0.117. The van der Waals surface area contributed by atoms with Crippen molar-refractivity contribution in [2.75, 3.05) is 19.7 Å². The summed E-state index contributed by atoms with van der Waals surface area (Å²) < 4.78 is 22.2. The molecule has 47 heavy (non-hydrogen) atoms. The first-order valence-corrected chi connectivity index (χ1v) is 20.4. The number of imide groups is 1. The van der Waals surface area contributed by atoms with Crippen LogP contribution in [0.5, 0.6) is 0 Å². The molecule has 8 nitrogen and oxygen atoms in total. The van der Waals surface area contributed by atoms with Crippen LogP contribution in [0, 0.1) is 5.82 Å². The highest BCUT2D eigenvalue weighted by Gasteiger charge is 2.35. The molecule has 2 amide bonds. The van der Waals surface area contributed by atoms with Gasteiger partial charge in [-0.1, -0.05) is 37.8 Å². The van der Waals surface area contributed by atoms with E-state index in [1.54, 1.807) is 36.4 Å². The van der Waals surface area contributed by atoms with Gasteiger partial charge in [0.25, 0.3) is 11.8 Å². The summed E-state index contributed by atoms with van der Waals surface area (Å²) in [6.07, 6.45) is 8.30. The Kier molecular flexibility index (Phi) is 10.1. The van der Waals surface area contributed by atoms with Gasteiger partial charge in [-0.3, -0.25) is 24.4 Å². The lowest BCUT2D eigenvalue weighted by Gasteiger charge is -2.35. The van der Waals surface area contributed by atoms with Gasteiger partial charge < -0.3 is 9.30 Å². The maximum absolute atomic E-state index is 13.8. The van der Waals surface area contributed by atoms with Crippen molar-refractivity contribution in [2.45, 2.75) is 77.1 Å². The number of fused-ring (bicyclic) bond motifs is 2. The van der Waals surface area contributed by atoms with Gasteiger partial charge in [-0.15, -0.1) is 0 Å². The first kappa shape index (κ1) is 32.9. The Hall–Kier alpha value is -3.99. The van der Waals surface area contributed by atoms with Crippen LogP contribution in [0.3, 0.4) is 0 Å². The molecular formula is C37H44FN5O3Si. The van der Waals surface area contributed by atoms with Crippen LogP contribution in [0.15, 0.2) is 73.1 Å². The summed E-state index contributed by atoms with van der Waals surface area (Å²) in [5.41, 5.74) is 5.14. The molecule has 2 aliphatic rings. The van der Waals surface area contributed by atoms with Gasteiger partial charge >= 0.3 is 0 Å². The molecule has 1 aliphatic heterocycles. The summed E-state index contributed by atoms with van der Waals surface area (Å²) in [5, 5.41) is 0. The molecule has 0 fully saturated rings. The molecule has 2 aromatic heterocycles. The molecule has 6 rings (SSSR count). The number of aryl methyl sites for hydroxylation is 1. The van der Waals surface area contributed by atoms with E-state index in [9.17, 15) is 14.0 Å². The lowest BCUT2D eigenvalue weighted by molar-refractivity contribution is 0.0648. The average molecular weight is 654 g/mol. The second kappa shape index (κ2) is 14.4. The molecule has 0 radical (unpaired) electrons. The number of amides is 2. The number of ether oxygens (including phenoxy) is 1. The lowest BCUT2D eigenvalue weighted by Crippen LogP contribution is -2.35. The maximum Gasteiger partial charge on any atom is 0.261 e. The Labute approximate surface area is 277 Å². The summed E-state index contributed by atoms with van der Waals surface area (Å²) >= 11 is 0. The van der Waals surface area contributed by atoms with Gasteiger partial charge in [-0.25, -0.2) is 9.37 Å². The highest BCUT2D eigenvalue weighted by molar-refractivity contribution is 6.76. The third-order valence-electron chi connectivity index (χ3n) is 9.20. The first-order chi connectivity index (χ1) is 22.7. The number of hydrogen-bond acceptors (Lipinski definition) is 6. The SMILES string of the molecule is C[Si](C)(C)CCOCn1c(-c2ccc(F)cc2)cnc1CN(CCCCN1C(=O)c2ccccc2C1=O)C1CCCc2cccnc21. The number of hydrogen-bond donors (Lipinski definition) is 0. The largest absolute Gasteiger partial charge is 0.361 e. The predicted octanol–water partition coefficient (Wildman–Crippen LogP) is 7.35. The van der Waals surface area contributed by atoms with E-state index in [4.69, 9.17) is 14.7 Å². The number of unbranched alkanes of at least 4 members (excludes halogenated alkanes) is 1. The van der Waals surface area contributed by atoms with Crippen molar-refractivity contribution in [3.8, 4) is 11.3 Å². The fourth-order valence-electron chi connectivity index (χ4n) is 6.56. The number of carbonyl (C=O) groups excluding carboxylic acids is 2. The van der Waals surface area contributed by atoms with Crippen LogP contribution < -0.4 is 0 Å². The molecule has 4 aromatic rings. The quantitative estimate of drug-likeness (QED) is 0.0805. The van der Waals surface area contributed by atoms with E-state index >= 15 is 0 Å². The monoisotopic (exact) mass is 653 g/mol. The number of imidazole rings is 1. The third-order valence-corrected chi connectivity index (χ3v) is 10.9. The highest BCUT2D eigenvalue weighted by Crippen LogP contribution is 2.34. The summed E-state index contributed by atoms with van der Waals surface area (Å²) in [6, 6.07) is 18.9. The Balaban J connectivity index is 1.22. The van der Waals surface area contributed by atoms with Gasteiger partial charge in [-0.05, 0) is 92.7 Å². The topological polar surface area (TPSA) is 80.6 Å². The van der Waals surface area contributed by atoms with Crippen molar-refractivity contribution in [1.82, 2.24) is 24.3 Å². The number of halogens is 1. The standard InChI is InChI=1S/C37H44FN5O3Si/c1-47(2,3)23-22-46-26-43-33(27-15-17-29(38)18-16-27)24-40-34(43)25-41(32-14-8-10-28-11-9-19-39-35(28)32)20-6-7-21-42-36(44)30-12-4-5-13-31(30)37(42)45/h4-5,9,11-13,15-19,24,32H,6-8,10,14,20-23,25-26H2,1-3H3. The number of nitrogens with zero attached hydrogens (tertiary/aromatic N) is 5. The Bertz CT molecular complexity index is 1680. The highest BCUT2D eigenvalue weighted by atomic mass is 28.3. The zero-order valence-corrected chi connectivity index (χ0v) is 28.6. The van der Waals surface area contributed by atoms with Crippen LogP contribution >= 0.6 is 0 Å². The molecule has 1 atom stereocenters. The molecule has 0 saturated heterocycles. The number of aromatic nitrogens is 3. The van der Waals surface area contributed by atoms with Crippen LogP contribution in [-0.2, 0) is 24.4 Å². The minimum Gasteiger partial charge on any atom is -0.361 e. The molecule has 2 aromatic carbocycles. The van der Waals surface area contributed by atoms with Gasteiger partial charge in [-0.2, -0.15) is 0 Å². The van der Waals surface area contributed by atoms with Crippen LogP contribution in [0.4, 0.5) is 4.39 Å². The second-order valence-electron chi connectivity index (χ2n) is 13.8. The van der Waals surface area contributed by atoms with Crippen LogP contribution in [0.1, 0.15) is 69.5 Å². The van der Waals surface area contributed by atoms with Crippen LogP contribution in [0.25, 0.3) is 11.3 Å². The van der Waals surface area contributed by atoms with Crippen molar-refractivity contribution in [2.24, 2.45) is 0 Å². The van der Waals surface area contributed by atoms with E-state index in [0.29, 0.717) is 44.0 Å². The fraction of sp³-hybridized carbons (Fsp3) is 0.405. The zero-order valence-electron chi connectivity index (χ0n) is 27.6. The molecule has 0 N–H and O–H groups in total. The molecular weight excluding hydrogens is 610 g/mol. The summed E-state index contributed by atoms with van der Waals surface area (Å²) in [7, 11) is -1.27. The second-order valence-corrected chi connectivity index (χ2v) is 19.4. The first-order valence-electron chi connectivity index (χ1n) is 16.7. The normalized spacial score (nSPS) is 16.2. The Morgan fingerprint density at radius 2 is 1.70 bits per heavy atom. The smallest absolute Gasteiger partial charge is 0.261 e. The minimum atomic E-state index is -1.27. The molecule has 0 spiro atoms. The van der Waals surface area contributed by atoms with Gasteiger partial charge in [0, 0.05) is 33.0 Å². The van der Waals surface area contributed by atoms with Crippen LogP contribution in [0.2, 0.25) is 25.7 Å². The van der Waals surface area contributed by atoms with Crippen molar-refractivity contribution >= 4 is 19.9 Å². The number of carbonyl (C=O) groups is 2. The van der Waals surface area contributed by atoms with Crippen molar-refractivity contribution in [3.05, 3.63) is 107 Å². The van der Waals surface area contributed by atoms with E-state index in [-0.39, 0.29) is 23.7 Å². The van der Waals surface area contributed by atoms with Gasteiger partial charge in [0.05, 0.1) is 41.3 Å². The van der Waals surface area contributed by atoms with Gasteiger partial charge in [0.2, 0.25) is 0 Å². The summed E-state index contributed by atoms with van der Waals surface area (Å²) in [4.78, 5) is 39.5. The average Bonchev–Trinajstić information content (AvgIpc) is 3.57. The van der Waals surface area contributed by atoms with Crippen molar-refractivity contribution in [1.29, 1.82) is 0 Å². The molecule has 246 valence electrons. The number of rotatable bonds is 14. The summed E-state index contributed by atoms with van der Waals surface area (Å²) in [5.74, 6) is 0.178. The van der Waals surface area contributed by atoms with Crippen molar-refractivity contribution in [3.63, 3.8) is 0 Å². The van der Waals surface area contributed by atoms with E-state index in [1.807, 2.05) is 18.5 Å². The number of pyridine rings is 1. The predicted molar refractivity (Wildman–Crippen MR) is 183 cm³/mol. The molecule has 0 saturated carbocycles. The van der Waals surface area contributed by atoms with Crippen molar-refractivity contribution < 1.29 is 18.7 Å². The van der Waals surface area contributed by atoms with E-state index in [1.165, 1.54) is 22.6 Å². The van der Waals surface area contributed by atoms with Crippen LogP contribution in [-0.4, -0.2) is 63.9 Å². The van der Waals surface area contributed by atoms with E-state index < -0.39 is 8.07 Å². The molecule has 0 bridgehead atoms. The molecule has 1 unspecified atom stereocenters. The fourth-order valence-corrected chi connectivity index (χ4v) is 7.32. The van der Waals surface area contributed by atoms with Gasteiger partial charge in [0.1, 0.15) is 18.4 Å². The summed E-state index contributed by atoms with van der Waals surface area (Å²) in [6.45, 7) is 9.76. The maximum atomic E-state index is 13.8. The zero-order chi connectivity index (χ0) is 33.0. The van der Waals surface area contributed by atoms with Gasteiger partial charge in [0.15, 0.2) is 0 Å². The molecule has 3 heterocycles. The Morgan fingerprint density at radius 3 is 2.43 bits per heavy atom. The number of benzene rings is 2.